The van der Waals surface area contributed by atoms with E-state index in [1.54, 1.807) is 12.1 Å². The van der Waals surface area contributed by atoms with Crippen molar-refractivity contribution in [1.29, 1.82) is 0 Å². The second-order valence-electron chi connectivity index (χ2n) is 4.69. The van der Waals surface area contributed by atoms with E-state index in [2.05, 4.69) is 15.2 Å². The number of benzene rings is 2. The van der Waals surface area contributed by atoms with E-state index < -0.39 is 0 Å². The molecule has 0 aliphatic rings. The van der Waals surface area contributed by atoms with Gasteiger partial charge in [0, 0.05) is 16.1 Å². The van der Waals surface area contributed by atoms with Crippen molar-refractivity contribution in [2.24, 2.45) is 0 Å². The zero-order valence-corrected chi connectivity index (χ0v) is 13.4. The topological polar surface area (TPSA) is 58.6 Å². The molecule has 4 nitrogen and oxygen atoms in total. The first-order chi connectivity index (χ1) is 11.1. The molecule has 3 aromatic rings. The Morgan fingerprint density at radius 1 is 1.13 bits per heavy atom. The maximum Gasteiger partial charge on any atom is 0.209 e. The number of Topliss-reactive ketones (excluding diaryl/α,β-unsaturated/α-hetero) is 1. The molecule has 0 spiro atoms. The van der Waals surface area contributed by atoms with Gasteiger partial charge in [-0.3, -0.25) is 9.89 Å². The van der Waals surface area contributed by atoms with Gasteiger partial charge < -0.3 is 0 Å². The van der Waals surface area contributed by atoms with Gasteiger partial charge >= 0.3 is 0 Å². The van der Waals surface area contributed by atoms with Crippen LogP contribution in [-0.2, 0) is 0 Å². The number of ketones is 1. The third-order valence-electron chi connectivity index (χ3n) is 3.08. The standard InChI is InChI=1S/C16H11ClFN3OS/c17-12-5-1-11(2-6-12)15-19-16(21-20-15)23-9-14(22)10-3-7-13(18)8-4-10/h1-8H,9H2,(H,19,20,21). The summed E-state index contributed by atoms with van der Waals surface area (Å²) in [4.78, 5) is 16.4. The Hall–Kier alpha value is -2.18. The molecule has 0 saturated heterocycles. The van der Waals surface area contributed by atoms with Gasteiger partial charge in [-0.05, 0) is 48.5 Å². The molecule has 0 amide bonds. The predicted molar refractivity (Wildman–Crippen MR) is 88.3 cm³/mol. The number of carbonyl (C=O) groups is 1. The number of rotatable bonds is 5. The highest BCUT2D eigenvalue weighted by molar-refractivity contribution is 7.99. The summed E-state index contributed by atoms with van der Waals surface area (Å²) in [5.74, 6) is 0.325. The third-order valence-corrected chi connectivity index (χ3v) is 4.18. The van der Waals surface area contributed by atoms with Crippen molar-refractivity contribution in [3.05, 3.63) is 64.9 Å². The van der Waals surface area contributed by atoms with Crippen molar-refractivity contribution in [1.82, 2.24) is 15.2 Å². The van der Waals surface area contributed by atoms with Crippen LogP contribution in [-0.4, -0.2) is 26.7 Å². The fourth-order valence-corrected chi connectivity index (χ4v) is 2.72. The summed E-state index contributed by atoms with van der Waals surface area (Å²) in [7, 11) is 0. The second kappa shape index (κ2) is 6.93. The molecular formula is C16H11ClFN3OS. The number of hydrogen-bond acceptors (Lipinski definition) is 4. The van der Waals surface area contributed by atoms with Gasteiger partial charge in [-0.1, -0.05) is 23.4 Å². The Morgan fingerprint density at radius 2 is 1.83 bits per heavy atom. The monoisotopic (exact) mass is 347 g/mol. The van der Waals surface area contributed by atoms with E-state index in [-0.39, 0.29) is 17.4 Å². The van der Waals surface area contributed by atoms with Crippen molar-refractivity contribution in [3.8, 4) is 11.4 Å². The average molecular weight is 348 g/mol. The minimum absolute atomic E-state index is 0.104. The van der Waals surface area contributed by atoms with Crippen LogP contribution in [0, 0.1) is 5.82 Å². The number of nitrogens with one attached hydrogen (secondary N) is 1. The molecule has 0 unspecified atom stereocenters. The summed E-state index contributed by atoms with van der Waals surface area (Å²) in [5, 5.41) is 8.03. The molecule has 116 valence electrons. The molecule has 0 atom stereocenters. The number of halogens is 2. The number of aromatic amines is 1. The SMILES string of the molecule is O=C(CSc1n[nH]c(-c2ccc(Cl)cc2)n1)c1ccc(F)cc1. The minimum Gasteiger partial charge on any atom is -0.293 e. The lowest BCUT2D eigenvalue weighted by molar-refractivity contribution is 0.102. The lowest BCUT2D eigenvalue weighted by atomic mass is 10.1. The van der Waals surface area contributed by atoms with Gasteiger partial charge in [-0.15, -0.1) is 5.10 Å². The summed E-state index contributed by atoms with van der Waals surface area (Å²) in [6.07, 6.45) is 0. The molecule has 0 radical (unpaired) electrons. The minimum atomic E-state index is -0.365. The summed E-state index contributed by atoms with van der Waals surface area (Å²) in [6.45, 7) is 0. The smallest absolute Gasteiger partial charge is 0.209 e. The first-order valence-electron chi connectivity index (χ1n) is 6.72. The summed E-state index contributed by atoms with van der Waals surface area (Å²) >= 11 is 7.07. The molecule has 0 fully saturated rings. The van der Waals surface area contributed by atoms with Crippen molar-refractivity contribution in [2.45, 2.75) is 5.16 Å². The predicted octanol–water partition coefficient (Wildman–Crippen LogP) is 4.24. The van der Waals surface area contributed by atoms with Crippen LogP contribution in [0.1, 0.15) is 10.4 Å². The van der Waals surface area contributed by atoms with E-state index in [4.69, 9.17) is 11.6 Å². The van der Waals surface area contributed by atoms with Crippen LogP contribution >= 0.6 is 23.4 Å². The van der Waals surface area contributed by atoms with Crippen molar-refractivity contribution < 1.29 is 9.18 Å². The highest BCUT2D eigenvalue weighted by Gasteiger charge is 2.10. The van der Waals surface area contributed by atoms with Gasteiger partial charge in [-0.25, -0.2) is 9.37 Å². The molecule has 3 rings (SSSR count). The maximum atomic E-state index is 12.8. The quantitative estimate of drug-likeness (QED) is 0.554. The molecule has 0 aliphatic carbocycles. The van der Waals surface area contributed by atoms with Gasteiger partial charge in [0.1, 0.15) is 5.82 Å². The van der Waals surface area contributed by atoms with Crippen LogP contribution in [0.3, 0.4) is 0 Å². The van der Waals surface area contributed by atoms with Gasteiger partial charge in [0.25, 0.3) is 0 Å². The van der Waals surface area contributed by atoms with Crippen LogP contribution in [0.5, 0.6) is 0 Å². The van der Waals surface area contributed by atoms with E-state index in [9.17, 15) is 9.18 Å². The first kappa shape index (κ1) is 15.7. The van der Waals surface area contributed by atoms with Gasteiger partial charge in [-0.2, -0.15) is 0 Å². The Labute approximate surface area is 141 Å². The Balaban J connectivity index is 1.64. The molecule has 1 N–H and O–H groups in total. The number of thioether (sulfide) groups is 1. The van der Waals surface area contributed by atoms with Crippen LogP contribution in [0.25, 0.3) is 11.4 Å². The van der Waals surface area contributed by atoms with Gasteiger partial charge in [0.05, 0.1) is 5.75 Å². The summed E-state index contributed by atoms with van der Waals surface area (Å²) in [6, 6.07) is 12.7. The van der Waals surface area contributed by atoms with Crippen LogP contribution in [0.15, 0.2) is 53.7 Å². The van der Waals surface area contributed by atoms with Gasteiger partial charge in [0.15, 0.2) is 11.6 Å². The van der Waals surface area contributed by atoms with E-state index >= 15 is 0 Å². The largest absolute Gasteiger partial charge is 0.293 e. The van der Waals surface area contributed by atoms with Crippen LogP contribution in [0.2, 0.25) is 5.02 Å². The number of hydrogen-bond donors (Lipinski definition) is 1. The van der Waals surface area contributed by atoms with Crippen molar-refractivity contribution in [3.63, 3.8) is 0 Å². The molecule has 7 heteroatoms. The molecule has 0 aliphatic heterocycles. The number of nitrogens with zero attached hydrogens (tertiary/aromatic N) is 2. The molecule has 1 aromatic heterocycles. The number of H-pyrrole nitrogens is 1. The first-order valence-corrected chi connectivity index (χ1v) is 8.08. The highest BCUT2D eigenvalue weighted by atomic mass is 35.5. The molecule has 23 heavy (non-hydrogen) atoms. The van der Waals surface area contributed by atoms with Crippen LogP contribution in [0.4, 0.5) is 4.39 Å². The molecular weight excluding hydrogens is 337 g/mol. The number of aromatic nitrogens is 3. The van der Waals surface area contributed by atoms with E-state index in [1.165, 1.54) is 36.0 Å². The Kier molecular flexibility index (Phi) is 4.73. The summed E-state index contributed by atoms with van der Waals surface area (Å²) < 4.78 is 12.8. The molecule has 2 aromatic carbocycles. The van der Waals surface area contributed by atoms with E-state index in [0.29, 0.717) is 21.6 Å². The Bertz CT molecular complexity index is 818. The van der Waals surface area contributed by atoms with E-state index in [1.807, 2.05) is 12.1 Å². The zero-order chi connectivity index (χ0) is 16.2. The molecule has 1 heterocycles. The molecule has 0 bridgehead atoms. The fourth-order valence-electron chi connectivity index (χ4n) is 1.90. The summed E-state index contributed by atoms with van der Waals surface area (Å²) in [5.41, 5.74) is 1.32. The zero-order valence-electron chi connectivity index (χ0n) is 11.8. The number of carbonyl (C=O) groups excluding carboxylic acids is 1. The van der Waals surface area contributed by atoms with Crippen molar-refractivity contribution >= 4 is 29.1 Å². The van der Waals surface area contributed by atoms with E-state index in [0.717, 1.165) is 5.56 Å². The Morgan fingerprint density at radius 3 is 2.52 bits per heavy atom. The van der Waals surface area contributed by atoms with Gasteiger partial charge in [0.2, 0.25) is 5.16 Å². The highest BCUT2D eigenvalue weighted by Crippen LogP contribution is 2.21. The average Bonchev–Trinajstić information content (AvgIpc) is 3.03. The third kappa shape index (κ3) is 3.97. The molecule has 0 saturated carbocycles. The normalized spacial score (nSPS) is 10.7. The fraction of sp³-hybridized carbons (Fsp3) is 0.0625. The lowest BCUT2D eigenvalue weighted by Crippen LogP contribution is -2.02. The second-order valence-corrected chi connectivity index (χ2v) is 6.07. The van der Waals surface area contributed by atoms with Crippen LogP contribution < -0.4 is 0 Å². The lowest BCUT2D eigenvalue weighted by Gasteiger charge is -1.98. The van der Waals surface area contributed by atoms with Crippen molar-refractivity contribution in [2.75, 3.05) is 5.75 Å². The maximum absolute atomic E-state index is 12.8.